The fourth-order valence-electron chi connectivity index (χ4n) is 4.60. The Hall–Kier alpha value is -2.00. The van der Waals surface area contributed by atoms with Crippen LogP contribution in [0.4, 0.5) is 0 Å². The summed E-state index contributed by atoms with van der Waals surface area (Å²) in [7, 11) is -3.35. The van der Waals surface area contributed by atoms with Crippen molar-refractivity contribution >= 4 is 15.9 Å². The molecular formula is C20H28N4O4S. The lowest BCUT2D eigenvalue weighted by Crippen LogP contribution is -2.42. The Morgan fingerprint density at radius 1 is 1.28 bits per heavy atom. The Kier molecular flexibility index (Phi) is 5.61. The number of rotatable bonds is 4. The second kappa shape index (κ2) is 8.02. The van der Waals surface area contributed by atoms with Gasteiger partial charge in [-0.25, -0.2) is 13.4 Å². The predicted octanol–water partition coefficient (Wildman–Crippen LogP) is 1.50. The van der Waals surface area contributed by atoms with E-state index < -0.39 is 10.0 Å². The van der Waals surface area contributed by atoms with Crippen molar-refractivity contribution in [3.05, 3.63) is 39.6 Å². The number of aromatic nitrogens is 2. The van der Waals surface area contributed by atoms with Crippen LogP contribution in [0.1, 0.15) is 61.6 Å². The van der Waals surface area contributed by atoms with Crippen LogP contribution >= 0.6 is 0 Å². The number of allylic oxidation sites excluding steroid dienone is 2. The first-order valence-electron chi connectivity index (χ1n) is 10.4. The maximum atomic E-state index is 13.0. The molecule has 9 heteroatoms. The Balaban J connectivity index is 1.60. The van der Waals surface area contributed by atoms with Gasteiger partial charge in [0.15, 0.2) is 0 Å². The first-order valence-corrected chi connectivity index (χ1v) is 12.2. The van der Waals surface area contributed by atoms with E-state index >= 15 is 0 Å². The van der Waals surface area contributed by atoms with Gasteiger partial charge in [-0.15, -0.1) is 0 Å². The van der Waals surface area contributed by atoms with Gasteiger partial charge in [-0.3, -0.25) is 9.59 Å². The molecule has 3 heterocycles. The summed E-state index contributed by atoms with van der Waals surface area (Å²) in [6, 6.07) is -0.256. The second-order valence-corrected chi connectivity index (χ2v) is 10.3. The molecule has 1 amide bonds. The molecule has 0 radical (unpaired) electrons. The van der Waals surface area contributed by atoms with Gasteiger partial charge < -0.3 is 9.88 Å². The number of H-pyrrole nitrogens is 1. The van der Waals surface area contributed by atoms with Crippen molar-refractivity contribution < 1.29 is 13.2 Å². The fraction of sp³-hybridized carbons (Fsp3) is 0.650. The molecule has 1 aromatic heterocycles. The molecule has 3 aliphatic rings. The average molecular weight is 421 g/mol. The molecule has 2 aliphatic heterocycles. The van der Waals surface area contributed by atoms with Crippen molar-refractivity contribution in [1.29, 1.82) is 0 Å². The average Bonchev–Trinajstić information content (AvgIpc) is 3.20. The fourth-order valence-corrected chi connectivity index (χ4v) is 5.38. The topological polar surface area (TPSA) is 103 Å². The van der Waals surface area contributed by atoms with Gasteiger partial charge >= 0.3 is 0 Å². The van der Waals surface area contributed by atoms with E-state index in [0.29, 0.717) is 48.9 Å². The zero-order valence-electron chi connectivity index (χ0n) is 16.8. The minimum Gasteiger partial charge on any atom is -0.332 e. The van der Waals surface area contributed by atoms with Gasteiger partial charge in [0.25, 0.3) is 5.56 Å². The molecule has 158 valence electrons. The van der Waals surface area contributed by atoms with Gasteiger partial charge in [-0.2, -0.15) is 4.31 Å². The molecule has 29 heavy (non-hydrogen) atoms. The molecule has 1 N–H and O–H groups in total. The number of hydrogen-bond donors (Lipinski definition) is 1. The molecular weight excluding hydrogens is 392 g/mol. The van der Waals surface area contributed by atoms with Gasteiger partial charge in [-0.05, 0) is 44.4 Å². The molecule has 4 rings (SSSR count). The highest BCUT2D eigenvalue weighted by molar-refractivity contribution is 7.88. The van der Waals surface area contributed by atoms with Crippen molar-refractivity contribution in [2.75, 3.05) is 19.3 Å². The monoisotopic (exact) mass is 420 g/mol. The number of aromatic amines is 1. The third-order valence-corrected chi connectivity index (χ3v) is 7.46. The van der Waals surface area contributed by atoms with Gasteiger partial charge in [0, 0.05) is 25.1 Å². The van der Waals surface area contributed by atoms with E-state index in [2.05, 4.69) is 22.1 Å². The minimum atomic E-state index is -3.35. The molecule has 0 aromatic carbocycles. The van der Waals surface area contributed by atoms with Crippen molar-refractivity contribution in [2.45, 2.75) is 57.5 Å². The van der Waals surface area contributed by atoms with Crippen molar-refractivity contribution in [3.63, 3.8) is 0 Å². The van der Waals surface area contributed by atoms with E-state index in [1.165, 1.54) is 10.6 Å². The summed E-state index contributed by atoms with van der Waals surface area (Å²) >= 11 is 0. The number of sulfonamides is 1. The van der Waals surface area contributed by atoms with E-state index in [0.717, 1.165) is 32.1 Å². The van der Waals surface area contributed by atoms with Crippen LogP contribution in [0.3, 0.4) is 0 Å². The molecule has 8 nitrogen and oxygen atoms in total. The molecule has 0 unspecified atom stereocenters. The summed E-state index contributed by atoms with van der Waals surface area (Å²) in [4.78, 5) is 35.1. The quantitative estimate of drug-likeness (QED) is 0.744. The minimum absolute atomic E-state index is 0.101. The summed E-state index contributed by atoms with van der Waals surface area (Å²) in [5.74, 6) is 0.882. The Bertz CT molecular complexity index is 985. The van der Waals surface area contributed by atoms with Crippen LogP contribution in [0.15, 0.2) is 16.9 Å². The highest BCUT2D eigenvalue weighted by Gasteiger charge is 2.33. The highest BCUT2D eigenvalue weighted by atomic mass is 32.2. The number of carbonyl (C=O) groups is 1. The number of hydrogen-bond acceptors (Lipinski definition) is 5. The van der Waals surface area contributed by atoms with E-state index in [1.54, 1.807) is 0 Å². The van der Waals surface area contributed by atoms with Crippen LogP contribution in [0.5, 0.6) is 0 Å². The number of nitrogens with one attached hydrogen (secondary N) is 1. The molecule has 0 spiro atoms. The van der Waals surface area contributed by atoms with Gasteiger partial charge in [0.05, 0.1) is 24.5 Å². The predicted molar refractivity (Wildman–Crippen MR) is 109 cm³/mol. The molecule has 0 saturated carbocycles. The first kappa shape index (κ1) is 20.3. The number of carbonyl (C=O) groups excluding carboxylic acids is 1. The lowest BCUT2D eigenvalue weighted by atomic mass is 9.98. The summed E-state index contributed by atoms with van der Waals surface area (Å²) in [5, 5.41) is 0. The van der Waals surface area contributed by atoms with Crippen molar-refractivity contribution in [3.8, 4) is 0 Å². The van der Waals surface area contributed by atoms with Crippen LogP contribution in [-0.2, 0) is 27.8 Å². The summed E-state index contributed by atoms with van der Waals surface area (Å²) in [5.41, 5.74) is 0.852. The number of amides is 1. The van der Waals surface area contributed by atoms with E-state index in [4.69, 9.17) is 0 Å². The third-order valence-electron chi connectivity index (χ3n) is 6.21. The van der Waals surface area contributed by atoms with Gasteiger partial charge in [-0.1, -0.05) is 12.2 Å². The summed E-state index contributed by atoms with van der Waals surface area (Å²) in [6.07, 6.45) is 11.0. The van der Waals surface area contributed by atoms with Crippen LogP contribution in [-0.4, -0.2) is 52.8 Å². The van der Waals surface area contributed by atoms with Crippen LogP contribution in [0.2, 0.25) is 0 Å². The Morgan fingerprint density at radius 3 is 2.83 bits per heavy atom. The van der Waals surface area contributed by atoms with Crippen LogP contribution in [0, 0.1) is 5.92 Å². The van der Waals surface area contributed by atoms with E-state index in [9.17, 15) is 18.0 Å². The third kappa shape index (κ3) is 4.30. The summed E-state index contributed by atoms with van der Waals surface area (Å²) < 4.78 is 25.2. The van der Waals surface area contributed by atoms with Gasteiger partial charge in [0.1, 0.15) is 5.82 Å². The van der Waals surface area contributed by atoms with Crippen molar-refractivity contribution in [1.82, 2.24) is 19.2 Å². The molecule has 1 aliphatic carbocycles. The van der Waals surface area contributed by atoms with Crippen molar-refractivity contribution in [2.24, 2.45) is 5.92 Å². The zero-order chi connectivity index (χ0) is 20.6. The summed E-state index contributed by atoms with van der Waals surface area (Å²) in [6.45, 7) is 1.06. The largest absolute Gasteiger partial charge is 0.332 e. The molecule has 1 fully saturated rings. The molecule has 2 atom stereocenters. The number of piperidine rings is 1. The lowest BCUT2D eigenvalue weighted by Gasteiger charge is -2.36. The molecule has 1 saturated heterocycles. The molecule has 0 bridgehead atoms. The lowest BCUT2D eigenvalue weighted by molar-refractivity contribution is -0.136. The SMILES string of the molecule is CS(=O)(=O)N1CCc2c(nc([C@H]3CCCCN3C(=O)C[C@H]3C=CCC3)[nH]c2=O)C1. The van der Waals surface area contributed by atoms with E-state index in [1.807, 2.05) is 4.90 Å². The van der Waals surface area contributed by atoms with Crippen LogP contribution < -0.4 is 5.56 Å². The molecule has 1 aromatic rings. The maximum absolute atomic E-state index is 13.0. The number of nitrogens with zero attached hydrogens (tertiary/aromatic N) is 3. The first-order chi connectivity index (χ1) is 13.8. The Morgan fingerprint density at radius 2 is 2.10 bits per heavy atom. The second-order valence-electron chi connectivity index (χ2n) is 8.29. The standard InChI is InChI=1S/C20H28N4O4S/c1-29(27,28)23-11-9-15-16(13-23)21-19(22-20(15)26)17-8-4-5-10-24(17)18(25)12-14-6-2-3-7-14/h2,6,14,17H,3-5,7-13H2,1H3,(H,21,22,26)/t14-,17+/m0/s1. The highest BCUT2D eigenvalue weighted by Crippen LogP contribution is 2.31. The smallest absolute Gasteiger partial charge is 0.254 e. The maximum Gasteiger partial charge on any atom is 0.254 e. The Labute approximate surface area is 171 Å². The number of fused-ring (bicyclic) bond motifs is 1. The normalized spacial score (nSPS) is 25.2. The number of likely N-dealkylation sites (tertiary alicyclic amines) is 1. The van der Waals surface area contributed by atoms with E-state index in [-0.39, 0.29) is 24.1 Å². The van der Waals surface area contributed by atoms with Crippen LogP contribution in [0.25, 0.3) is 0 Å². The van der Waals surface area contributed by atoms with Gasteiger partial charge in [0.2, 0.25) is 15.9 Å². The zero-order valence-corrected chi connectivity index (χ0v) is 17.6.